The number of nitrogens with zero attached hydrogens (tertiary/aromatic N) is 2. The van der Waals surface area contributed by atoms with Crippen LogP contribution < -0.4 is 5.73 Å². The van der Waals surface area contributed by atoms with Gasteiger partial charge in [0.1, 0.15) is 17.2 Å². The van der Waals surface area contributed by atoms with Gasteiger partial charge in [-0.3, -0.25) is 0 Å². The Kier molecular flexibility index (Phi) is 2.37. The molecular formula is C13H10FN3O. The van der Waals surface area contributed by atoms with Crippen molar-refractivity contribution in [1.29, 1.82) is 0 Å². The van der Waals surface area contributed by atoms with E-state index >= 15 is 0 Å². The molecule has 0 aliphatic rings. The number of furan rings is 1. The van der Waals surface area contributed by atoms with E-state index in [-0.39, 0.29) is 5.82 Å². The highest BCUT2D eigenvalue weighted by molar-refractivity contribution is 5.71. The van der Waals surface area contributed by atoms with Crippen molar-refractivity contribution in [2.75, 3.05) is 5.73 Å². The van der Waals surface area contributed by atoms with Crippen LogP contribution in [0.1, 0.15) is 0 Å². The predicted octanol–water partition coefficient (Wildman–Crippen LogP) is 2.85. The van der Waals surface area contributed by atoms with Crippen molar-refractivity contribution >= 4 is 5.69 Å². The van der Waals surface area contributed by atoms with Gasteiger partial charge in [-0.25, -0.2) is 9.07 Å². The molecule has 0 spiro atoms. The van der Waals surface area contributed by atoms with Crippen LogP contribution in [0.25, 0.3) is 16.9 Å². The van der Waals surface area contributed by atoms with Gasteiger partial charge in [-0.15, -0.1) is 0 Å². The zero-order valence-electron chi connectivity index (χ0n) is 9.38. The fourth-order valence-electron chi connectivity index (χ4n) is 1.77. The number of halogens is 1. The second-order valence-electron chi connectivity index (χ2n) is 3.84. The molecule has 0 amide bonds. The molecule has 0 aliphatic heterocycles. The molecule has 0 bridgehead atoms. The van der Waals surface area contributed by atoms with E-state index in [4.69, 9.17) is 10.2 Å². The summed E-state index contributed by atoms with van der Waals surface area (Å²) < 4.78 is 20.0. The zero-order chi connectivity index (χ0) is 12.5. The third kappa shape index (κ3) is 1.66. The van der Waals surface area contributed by atoms with E-state index in [1.165, 1.54) is 17.0 Å². The van der Waals surface area contributed by atoms with Crippen LogP contribution in [0.5, 0.6) is 0 Å². The molecule has 2 N–H and O–H groups in total. The summed E-state index contributed by atoms with van der Waals surface area (Å²) in [7, 11) is 0. The summed E-state index contributed by atoms with van der Waals surface area (Å²) >= 11 is 0. The quantitative estimate of drug-likeness (QED) is 0.752. The highest BCUT2D eigenvalue weighted by Gasteiger charge is 2.12. The summed E-state index contributed by atoms with van der Waals surface area (Å²) in [5, 5.41) is 4.28. The summed E-state index contributed by atoms with van der Waals surface area (Å²) in [5.41, 5.74) is 8.05. The lowest BCUT2D eigenvalue weighted by Crippen LogP contribution is -1.97. The first-order valence-electron chi connectivity index (χ1n) is 5.38. The van der Waals surface area contributed by atoms with Gasteiger partial charge in [0.25, 0.3) is 0 Å². The van der Waals surface area contributed by atoms with Crippen LogP contribution in [-0.2, 0) is 0 Å². The predicted molar refractivity (Wildman–Crippen MR) is 65.6 cm³/mol. The lowest BCUT2D eigenvalue weighted by atomic mass is 10.2. The summed E-state index contributed by atoms with van der Waals surface area (Å²) in [5.74, 6) is -0.348. The average molecular weight is 243 g/mol. The van der Waals surface area contributed by atoms with Gasteiger partial charge in [0.2, 0.25) is 0 Å². The third-order valence-corrected chi connectivity index (χ3v) is 2.64. The Hall–Kier alpha value is -2.56. The first-order valence-corrected chi connectivity index (χ1v) is 5.38. The van der Waals surface area contributed by atoms with Gasteiger partial charge in [0, 0.05) is 5.56 Å². The van der Waals surface area contributed by atoms with Crippen LogP contribution >= 0.6 is 0 Å². The topological polar surface area (TPSA) is 57.0 Å². The number of benzene rings is 1. The smallest absolute Gasteiger partial charge is 0.148 e. The van der Waals surface area contributed by atoms with Crippen LogP contribution in [0.2, 0.25) is 0 Å². The van der Waals surface area contributed by atoms with Crippen molar-refractivity contribution in [1.82, 2.24) is 9.78 Å². The molecule has 3 rings (SSSR count). The maximum Gasteiger partial charge on any atom is 0.148 e. The normalized spacial score (nSPS) is 10.7. The minimum Gasteiger partial charge on any atom is -0.472 e. The minimum absolute atomic E-state index is 0.348. The molecule has 0 saturated heterocycles. The molecule has 18 heavy (non-hydrogen) atoms. The molecule has 0 fully saturated rings. The van der Waals surface area contributed by atoms with Crippen LogP contribution in [0.3, 0.4) is 0 Å². The van der Waals surface area contributed by atoms with Crippen LogP contribution in [0.15, 0.2) is 53.5 Å². The highest BCUT2D eigenvalue weighted by Crippen LogP contribution is 2.26. The number of anilines is 1. The first kappa shape index (κ1) is 10.6. The highest BCUT2D eigenvalue weighted by atomic mass is 19.1. The molecule has 0 aliphatic carbocycles. The Morgan fingerprint density at radius 1 is 1.22 bits per heavy atom. The van der Waals surface area contributed by atoms with Crippen molar-refractivity contribution in [3.63, 3.8) is 0 Å². The number of nitrogen functional groups attached to an aromatic ring is 1. The monoisotopic (exact) mass is 243 g/mol. The number of hydrogen-bond donors (Lipinski definition) is 1. The summed E-state index contributed by atoms with van der Waals surface area (Å²) in [4.78, 5) is 0. The number of nitrogens with two attached hydrogens (primary N) is 1. The molecule has 0 atom stereocenters. The fraction of sp³-hybridized carbons (Fsp3) is 0. The molecule has 0 unspecified atom stereocenters. The number of hydrogen-bond acceptors (Lipinski definition) is 3. The Bertz CT molecular complexity index is 673. The van der Waals surface area contributed by atoms with Crippen molar-refractivity contribution in [2.45, 2.75) is 0 Å². The molecule has 4 nitrogen and oxygen atoms in total. The lowest BCUT2D eigenvalue weighted by Gasteiger charge is -2.01. The average Bonchev–Trinajstić information content (AvgIpc) is 2.98. The van der Waals surface area contributed by atoms with Crippen molar-refractivity contribution < 1.29 is 8.81 Å². The van der Waals surface area contributed by atoms with E-state index < -0.39 is 0 Å². The minimum atomic E-state index is -0.348. The Balaban J connectivity index is 2.11. The molecule has 3 aromatic rings. The van der Waals surface area contributed by atoms with Crippen molar-refractivity contribution in [3.05, 3.63) is 54.9 Å². The van der Waals surface area contributed by atoms with Crippen molar-refractivity contribution in [2.24, 2.45) is 0 Å². The second-order valence-corrected chi connectivity index (χ2v) is 3.84. The van der Waals surface area contributed by atoms with Gasteiger partial charge in [0.15, 0.2) is 0 Å². The molecule has 5 heteroatoms. The van der Waals surface area contributed by atoms with Gasteiger partial charge in [-0.1, -0.05) is 12.1 Å². The second kappa shape index (κ2) is 4.03. The summed E-state index contributed by atoms with van der Waals surface area (Å²) in [6.45, 7) is 0. The first-order chi connectivity index (χ1) is 8.75. The lowest BCUT2D eigenvalue weighted by molar-refractivity contribution is 0.568. The fourth-order valence-corrected chi connectivity index (χ4v) is 1.77. The van der Waals surface area contributed by atoms with E-state index in [0.29, 0.717) is 17.1 Å². The van der Waals surface area contributed by atoms with Gasteiger partial charge in [0.05, 0.1) is 24.4 Å². The maximum absolute atomic E-state index is 13.6. The molecule has 90 valence electrons. The molecule has 0 radical (unpaired) electrons. The van der Waals surface area contributed by atoms with Crippen LogP contribution in [-0.4, -0.2) is 9.78 Å². The Labute approximate surface area is 102 Å². The molecule has 2 aromatic heterocycles. The number of aromatic nitrogens is 2. The SMILES string of the molecule is Nc1cn(-c2ccccc2F)nc1-c1ccoc1. The molecule has 0 saturated carbocycles. The number of rotatable bonds is 2. The molecular weight excluding hydrogens is 233 g/mol. The van der Waals surface area contributed by atoms with Gasteiger partial charge >= 0.3 is 0 Å². The van der Waals surface area contributed by atoms with E-state index in [1.807, 2.05) is 0 Å². The van der Waals surface area contributed by atoms with E-state index in [2.05, 4.69) is 5.10 Å². The van der Waals surface area contributed by atoms with Crippen LogP contribution in [0.4, 0.5) is 10.1 Å². The number of para-hydroxylation sites is 1. The van der Waals surface area contributed by atoms with E-state index in [1.54, 1.807) is 36.7 Å². The standard InChI is InChI=1S/C13H10FN3O/c14-10-3-1-2-4-12(10)17-7-11(15)13(16-17)9-5-6-18-8-9/h1-8H,15H2. The summed E-state index contributed by atoms with van der Waals surface area (Å²) in [6.07, 6.45) is 4.67. The molecule has 2 heterocycles. The van der Waals surface area contributed by atoms with Gasteiger partial charge < -0.3 is 10.2 Å². The maximum atomic E-state index is 13.6. The largest absolute Gasteiger partial charge is 0.472 e. The Morgan fingerprint density at radius 2 is 2.06 bits per heavy atom. The van der Waals surface area contributed by atoms with Crippen molar-refractivity contribution in [3.8, 4) is 16.9 Å². The van der Waals surface area contributed by atoms with Gasteiger partial charge in [-0.05, 0) is 18.2 Å². The van der Waals surface area contributed by atoms with Crippen LogP contribution in [0, 0.1) is 5.82 Å². The summed E-state index contributed by atoms with van der Waals surface area (Å²) in [6, 6.07) is 8.15. The van der Waals surface area contributed by atoms with E-state index in [9.17, 15) is 4.39 Å². The molecule has 1 aromatic carbocycles. The van der Waals surface area contributed by atoms with E-state index in [0.717, 1.165) is 5.56 Å². The Morgan fingerprint density at radius 3 is 2.78 bits per heavy atom. The van der Waals surface area contributed by atoms with Gasteiger partial charge in [-0.2, -0.15) is 5.10 Å². The zero-order valence-corrected chi connectivity index (χ0v) is 9.38. The third-order valence-electron chi connectivity index (χ3n) is 2.64.